The minimum Gasteiger partial charge on any atom is -0.122 e. The zero-order chi connectivity index (χ0) is 14.6. The highest BCUT2D eigenvalue weighted by Crippen LogP contribution is 2.17. The van der Waals surface area contributed by atoms with Crippen molar-refractivity contribution in [3.05, 3.63) is 0 Å². The molecule has 19 heavy (non-hydrogen) atoms. The van der Waals surface area contributed by atoms with Gasteiger partial charge < -0.3 is 0 Å². The summed E-state index contributed by atoms with van der Waals surface area (Å²) in [4.78, 5) is 0. The third kappa shape index (κ3) is 23.9. The van der Waals surface area contributed by atoms with Crippen molar-refractivity contribution < 1.29 is 0 Å². The Kier molecular flexibility index (Phi) is 26.9. The van der Waals surface area contributed by atoms with E-state index in [2.05, 4.69) is 13.8 Å². The molecule has 0 saturated carbocycles. The number of unbranched alkanes of at least 4 members (excludes halogenated alkanes) is 10. The molecule has 0 unspecified atom stereocenters. The summed E-state index contributed by atoms with van der Waals surface area (Å²) in [6.07, 6.45) is 20.5. The number of hydrogen-bond acceptors (Lipinski definition) is 0. The monoisotopic (exact) mass is 288 g/mol. The summed E-state index contributed by atoms with van der Waals surface area (Å²) < 4.78 is 0. The first-order valence-corrected chi connectivity index (χ1v) is 10.5. The van der Waals surface area contributed by atoms with E-state index in [1.807, 2.05) is 13.8 Å². The van der Waals surface area contributed by atoms with E-state index in [0.717, 1.165) is 0 Å². The molecule has 0 aliphatic rings. The molecule has 0 aromatic rings. The van der Waals surface area contributed by atoms with Crippen molar-refractivity contribution in [3.63, 3.8) is 0 Å². The third-order valence-corrected chi connectivity index (χ3v) is 4.83. The van der Waals surface area contributed by atoms with E-state index in [9.17, 15) is 0 Å². The Morgan fingerprint density at radius 1 is 0.474 bits per heavy atom. The zero-order valence-corrected chi connectivity index (χ0v) is 15.4. The second kappa shape index (κ2) is 23.5. The van der Waals surface area contributed by atoms with Gasteiger partial charge in [0.25, 0.3) is 0 Å². The van der Waals surface area contributed by atoms with Gasteiger partial charge in [-0.05, 0) is 25.2 Å². The van der Waals surface area contributed by atoms with E-state index in [1.54, 1.807) is 0 Å². The highest BCUT2D eigenvalue weighted by Gasteiger charge is 1.93. The second-order valence-electron chi connectivity index (χ2n) is 5.29. The predicted molar refractivity (Wildman–Crippen MR) is 96.1 cm³/mol. The average Bonchev–Trinajstić information content (AvgIpc) is 2.46. The van der Waals surface area contributed by atoms with Crippen LogP contribution in [-0.4, -0.2) is 12.3 Å². The molecule has 0 saturated heterocycles. The van der Waals surface area contributed by atoms with Crippen molar-refractivity contribution in [1.82, 2.24) is 0 Å². The molecule has 0 radical (unpaired) electrons. The first kappa shape index (κ1) is 21.7. The highest BCUT2D eigenvalue weighted by molar-refractivity contribution is 7.37. The Labute approximate surface area is 126 Å². The Hall–Kier alpha value is 0.430. The zero-order valence-electron chi connectivity index (χ0n) is 14.4. The summed E-state index contributed by atoms with van der Waals surface area (Å²) in [6.45, 7) is 8.59. The lowest BCUT2D eigenvalue weighted by molar-refractivity contribution is 0.623. The molecule has 118 valence electrons. The standard InChI is InChI=1S/C16H35P.C2H6/c1-3-5-7-9-11-13-15-17-16-14-12-10-8-6-4-2;1-2/h17H,3-16H2,1-2H3;1-2H3. The second-order valence-corrected chi connectivity index (χ2v) is 6.79. The molecule has 0 fully saturated rings. The van der Waals surface area contributed by atoms with Crippen molar-refractivity contribution in [2.24, 2.45) is 0 Å². The lowest BCUT2D eigenvalue weighted by atomic mass is 10.1. The molecule has 0 aliphatic carbocycles. The van der Waals surface area contributed by atoms with E-state index < -0.39 is 0 Å². The van der Waals surface area contributed by atoms with Crippen molar-refractivity contribution in [2.45, 2.75) is 105 Å². The Bertz CT molecular complexity index is 109. The van der Waals surface area contributed by atoms with Gasteiger partial charge in [0.05, 0.1) is 0 Å². The van der Waals surface area contributed by atoms with Crippen LogP contribution in [0.3, 0.4) is 0 Å². The Balaban J connectivity index is 0. The first-order valence-electron chi connectivity index (χ1n) is 9.12. The van der Waals surface area contributed by atoms with E-state index in [4.69, 9.17) is 0 Å². The van der Waals surface area contributed by atoms with E-state index in [1.165, 1.54) is 98.0 Å². The molecule has 0 amide bonds. The van der Waals surface area contributed by atoms with Crippen LogP contribution >= 0.6 is 8.58 Å². The average molecular weight is 288 g/mol. The fraction of sp³-hybridized carbons (Fsp3) is 1.00. The van der Waals surface area contributed by atoms with Crippen molar-refractivity contribution >= 4 is 8.58 Å². The van der Waals surface area contributed by atoms with Crippen LogP contribution < -0.4 is 0 Å². The minimum absolute atomic E-state index is 1.26. The molecular formula is C18H41P. The Morgan fingerprint density at radius 3 is 1.16 bits per heavy atom. The summed E-state index contributed by atoms with van der Waals surface area (Å²) in [6, 6.07) is 0. The molecule has 0 nitrogen and oxygen atoms in total. The highest BCUT2D eigenvalue weighted by atomic mass is 31.1. The van der Waals surface area contributed by atoms with Gasteiger partial charge in [0.1, 0.15) is 0 Å². The molecule has 0 spiro atoms. The van der Waals surface area contributed by atoms with Gasteiger partial charge in [-0.3, -0.25) is 0 Å². The normalized spacial score (nSPS) is 10.1. The molecule has 0 atom stereocenters. The van der Waals surface area contributed by atoms with Crippen LogP contribution in [0.5, 0.6) is 0 Å². The summed E-state index contributed by atoms with van der Waals surface area (Å²) in [7, 11) is 1.26. The van der Waals surface area contributed by atoms with Crippen LogP contribution in [0.25, 0.3) is 0 Å². The maximum atomic E-state index is 2.29. The Morgan fingerprint density at radius 2 is 0.789 bits per heavy atom. The van der Waals surface area contributed by atoms with Crippen LogP contribution in [-0.2, 0) is 0 Å². The molecule has 0 aromatic carbocycles. The van der Waals surface area contributed by atoms with Crippen molar-refractivity contribution in [2.75, 3.05) is 12.3 Å². The fourth-order valence-corrected chi connectivity index (χ4v) is 3.44. The van der Waals surface area contributed by atoms with Gasteiger partial charge in [-0.25, -0.2) is 0 Å². The topological polar surface area (TPSA) is 0 Å². The molecule has 0 aliphatic heterocycles. The van der Waals surface area contributed by atoms with Gasteiger partial charge in [-0.1, -0.05) is 91.9 Å². The van der Waals surface area contributed by atoms with Gasteiger partial charge >= 0.3 is 0 Å². The van der Waals surface area contributed by atoms with Crippen LogP contribution in [0.1, 0.15) is 105 Å². The maximum Gasteiger partial charge on any atom is -0.0353 e. The lowest BCUT2D eigenvalue weighted by Crippen LogP contribution is -1.84. The smallest absolute Gasteiger partial charge is 0.0353 e. The molecule has 0 bridgehead atoms. The summed E-state index contributed by atoms with van der Waals surface area (Å²) in [5.41, 5.74) is 0. The molecular weight excluding hydrogens is 247 g/mol. The van der Waals surface area contributed by atoms with Crippen LogP contribution in [0.2, 0.25) is 0 Å². The quantitative estimate of drug-likeness (QED) is 0.230. The van der Waals surface area contributed by atoms with Crippen LogP contribution in [0.4, 0.5) is 0 Å². The van der Waals surface area contributed by atoms with Gasteiger partial charge in [-0.15, -0.1) is 8.58 Å². The van der Waals surface area contributed by atoms with Crippen molar-refractivity contribution in [1.29, 1.82) is 0 Å². The van der Waals surface area contributed by atoms with Crippen molar-refractivity contribution in [3.8, 4) is 0 Å². The number of rotatable bonds is 14. The molecule has 0 heterocycles. The van der Waals surface area contributed by atoms with E-state index in [0.29, 0.717) is 0 Å². The van der Waals surface area contributed by atoms with Crippen LogP contribution in [0, 0.1) is 0 Å². The van der Waals surface area contributed by atoms with Crippen LogP contribution in [0.15, 0.2) is 0 Å². The first-order chi connectivity index (χ1) is 9.41. The van der Waals surface area contributed by atoms with Gasteiger partial charge in [0.2, 0.25) is 0 Å². The largest absolute Gasteiger partial charge is 0.122 e. The minimum atomic E-state index is 1.26. The van der Waals surface area contributed by atoms with Gasteiger partial charge in [-0.2, -0.15) is 0 Å². The predicted octanol–water partition coefficient (Wildman–Crippen LogP) is 7.41. The van der Waals surface area contributed by atoms with Gasteiger partial charge in [0, 0.05) is 0 Å². The maximum absolute atomic E-state index is 2.29. The molecule has 0 aromatic heterocycles. The van der Waals surface area contributed by atoms with E-state index in [-0.39, 0.29) is 0 Å². The fourth-order valence-electron chi connectivity index (χ4n) is 2.19. The summed E-state index contributed by atoms with van der Waals surface area (Å²) >= 11 is 0. The molecule has 1 heteroatoms. The lowest BCUT2D eigenvalue weighted by Gasteiger charge is -2.03. The van der Waals surface area contributed by atoms with Gasteiger partial charge in [0.15, 0.2) is 0 Å². The number of hydrogen-bond donors (Lipinski definition) is 0. The molecule has 0 N–H and O–H groups in total. The summed E-state index contributed by atoms with van der Waals surface area (Å²) in [5, 5.41) is 0. The van der Waals surface area contributed by atoms with E-state index >= 15 is 0 Å². The SMILES string of the molecule is CC.CCCCCCCCPCCCCCCCC. The summed E-state index contributed by atoms with van der Waals surface area (Å²) in [5.74, 6) is 0. The molecule has 0 rings (SSSR count). The third-order valence-electron chi connectivity index (χ3n) is 3.41.